The maximum absolute atomic E-state index is 5.14. The van der Waals surface area contributed by atoms with E-state index in [9.17, 15) is 0 Å². The van der Waals surface area contributed by atoms with E-state index in [1.807, 2.05) is 0 Å². The lowest BCUT2D eigenvalue weighted by atomic mass is 10.1. The zero-order valence-electron chi connectivity index (χ0n) is 5.39. The number of methoxy groups -OCH3 is 1. The second kappa shape index (κ2) is 2.46. The van der Waals surface area contributed by atoms with Crippen LogP contribution in [0, 0.1) is 5.92 Å². The predicted octanol–water partition coefficient (Wildman–Crippen LogP) is 0.668. The van der Waals surface area contributed by atoms with Crippen LogP contribution in [0.2, 0.25) is 0 Å². The summed E-state index contributed by atoms with van der Waals surface area (Å²) in [4.78, 5) is 0. The van der Waals surface area contributed by atoms with Crippen molar-refractivity contribution in [1.29, 1.82) is 0 Å². The zero-order chi connectivity index (χ0) is 5.98. The van der Waals surface area contributed by atoms with Crippen LogP contribution in [0.25, 0.3) is 0 Å². The standard InChI is InChI=1S/C6H12O2/c1-5-3-8-4-6(5)7-2/h5-6H,3-4H2,1-2H3/t5?,6-/m0/s1. The van der Waals surface area contributed by atoms with Gasteiger partial charge in [-0.05, 0) is 0 Å². The van der Waals surface area contributed by atoms with E-state index in [0.29, 0.717) is 12.0 Å². The fourth-order valence-corrected chi connectivity index (χ4v) is 0.942. The van der Waals surface area contributed by atoms with Crippen LogP contribution < -0.4 is 0 Å². The lowest BCUT2D eigenvalue weighted by Gasteiger charge is -2.08. The van der Waals surface area contributed by atoms with Crippen LogP contribution >= 0.6 is 0 Å². The number of hydrogen-bond donors (Lipinski definition) is 0. The highest BCUT2D eigenvalue weighted by Gasteiger charge is 2.22. The van der Waals surface area contributed by atoms with Crippen LogP contribution in [-0.4, -0.2) is 26.4 Å². The second-order valence-corrected chi connectivity index (χ2v) is 2.29. The molecule has 1 aliphatic heterocycles. The molecule has 2 heteroatoms. The van der Waals surface area contributed by atoms with Gasteiger partial charge in [0.25, 0.3) is 0 Å². The van der Waals surface area contributed by atoms with Crippen LogP contribution in [0.3, 0.4) is 0 Å². The second-order valence-electron chi connectivity index (χ2n) is 2.29. The average molecular weight is 116 g/mol. The van der Waals surface area contributed by atoms with E-state index in [0.717, 1.165) is 13.2 Å². The van der Waals surface area contributed by atoms with Crippen LogP contribution in [-0.2, 0) is 9.47 Å². The molecule has 0 spiro atoms. The molecule has 2 atom stereocenters. The van der Waals surface area contributed by atoms with Gasteiger partial charge in [0.1, 0.15) is 0 Å². The minimum atomic E-state index is 0.343. The van der Waals surface area contributed by atoms with E-state index < -0.39 is 0 Å². The summed E-state index contributed by atoms with van der Waals surface area (Å²) >= 11 is 0. The first kappa shape index (κ1) is 6.05. The molecule has 8 heavy (non-hydrogen) atoms. The summed E-state index contributed by atoms with van der Waals surface area (Å²) < 4.78 is 10.2. The molecule has 1 heterocycles. The molecule has 1 aliphatic rings. The normalized spacial score (nSPS) is 38.2. The first-order valence-corrected chi connectivity index (χ1v) is 2.95. The molecule has 0 aromatic heterocycles. The molecule has 1 saturated heterocycles. The summed E-state index contributed by atoms with van der Waals surface area (Å²) in [7, 11) is 1.73. The van der Waals surface area contributed by atoms with Crippen molar-refractivity contribution in [2.75, 3.05) is 20.3 Å². The molecule has 0 aromatic carbocycles. The van der Waals surface area contributed by atoms with Crippen molar-refractivity contribution in [3.05, 3.63) is 0 Å². The first-order valence-electron chi connectivity index (χ1n) is 2.95. The Labute approximate surface area is 49.8 Å². The summed E-state index contributed by atoms with van der Waals surface area (Å²) in [5.41, 5.74) is 0. The Morgan fingerprint density at radius 3 is 2.50 bits per heavy atom. The molecule has 1 unspecified atom stereocenters. The van der Waals surface area contributed by atoms with E-state index in [2.05, 4.69) is 6.92 Å². The molecule has 48 valence electrons. The van der Waals surface area contributed by atoms with Crippen LogP contribution in [0.15, 0.2) is 0 Å². The molecule has 0 bridgehead atoms. The van der Waals surface area contributed by atoms with Gasteiger partial charge in [0.2, 0.25) is 0 Å². The van der Waals surface area contributed by atoms with Crippen molar-refractivity contribution in [3.8, 4) is 0 Å². The van der Waals surface area contributed by atoms with E-state index in [1.165, 1.54) is 0 Å². The number of hydrogen-bond acceptors (Lipinski definition) is 2. The first-order chi connectivity index (χ1) is 3.84. The Kier molecular flexibility index (Phi) is 1.86. The molecule has 0 amide bonds. The Morgan fingerprint density at radius 2 is 2.25 bits per heavy atom. The van der Waals surface area contributed by atoms with Crippen molar-refractivity contribution in [1.82, 2.24) is 0 Å². The molecule has 1 fully saturated rings. The van der Waals surface area contributed by atoms with Crippen molar-refractivity contribution < 1.29 is 9.47 Å². The maximum atomic E-state index is 5.14. The Bertz CT molecular complexity index is 72.9. The lowest BCUT2D eigenvalue weighted by Crippen LogP contribution is -2.17. The highest BCUT2D eigenvalue weighted by atomic mass is 16.5. The quantitative estimate of drug-likeness (QED) is 0.501. The van der Waals surface area contributed by atoms with E-state index in [1.54, 1.807) is 7.11 Å². The van der Waals surface area contributed by atoms with Gasteiger partial charge >= 0.3 is 0 Å². The topological polar surface area (TPSA) is 18.5 Å². The lowest BCUT2D eigenvalue weighted by molar-refractivity contribution is 0.0697. The minimum absolute atomic E-state index is 0.343. The van der Waals surface area contributed by atoms with Gasteiger partial charge in [-0.25, -0.2) is 0 Å². The molecular weight excluding hydrogens is 104 g/mol. The Morgan fingerprint density at radius 1 is 1.50 bits per heavy atom. The van der Waals surface area contributed by atoms with Gasteiger partial charge in [0.05, 0.1) is 19.3 Å². The van der Waals surface area contributed by atoms with E-state index in [4.69, 9.17) is 9.47 Å². The maximum Gasteiger partial charge on any atom is 0.0852 e. The summed E-state index contributed by atoms with van der Waals surface area (Å²) in [6.45, 7) is 3.78. The predicted molar refractivity (Wildman–Crippen MR) is 30.8 cm³/mol. The van der Waals surface area contributed by atoms with Crippen molar-refractivity contribution in [2.24, 2.45) is 5.92 Å². The zero-order valence-corrected chi connectivity index (χ0v) is 5.39. The van der Waals surface area contributed by atoms with Gasteiger partial charge in [-0.2, -0.15) is 0 Å². The minimum Gasteiger partial charge on any atom is -0.379 e. The van der Waals surface area contributed by atoms with E-state index in [-0.39, 0.29) is 0 Å². The van der Waals surface area contributed by atoms with Crippen molar-refractivity contribution >= 4 is 0 Å². The molecule has 0 saturated carbocycles. The summed E-state index contributed by atoms with van der Waals surface area (Å²) in [5, 5.41) is 0. The smallest absolute Gasteiger partial charge is 0.0852 e. The van der Waals surface area contributed by atoms with Crippen LogP contribution in [0.4, 0.5) is 0 Å². The van der Waals surface area contributed by atoms with Gasteiger partial charge in [0.15, 0.2) is 0 Å². The summed E-state index contributed by atoms with van der Waals surface area (Å²) in [6, 6.07) is 0. The van der Waals surface area contributed by atoms with Crippen LogP contribution in [0.5, 0.6) is 0 Å². The summed E-state index contributed by atoms with van der Waals surface area (Å²) in [5.74, 6) is 0.583. The molecule has 2 nitrogen and oxygen atoms in total. The summed E-state index contributed by atoms with van der Waals surface area (Å²) in [6.07, 6.45) is 0.343. The van der Waals surface area contributed by atoms with E-state index >= 15 is 0 Å². The third kappa shape index (κ3) is 1.01. The third-order valence-electron chi connectivity index (χ3n) is 1.60. The Hall–Kier alpha value is -0.0800. The molecule has 0 aromatic rings. The molecule has 0 radical (unpaired) electrons. The fourth-order valence-electron chi connectivity index (χ4n) is 0.942. The number of ether oxygens (including phenoxy) is 2. The molecule has 1 rings (SSSR count). The highest BCUT2D eigenvalue weighted by Crippen LogP contribution is 2.14. The highest BCUT2D eigenvalue weighted by molar-refractivity contribution is 4.70. The third-order valence-corrected chi connectivity index (χ3v) is 1.60. The number of rotatable bonds is 1. The average Bonchev–Trinajstić information content (AvgIpc) is 2.14. The SMILES string of the molecule is CO[C@H]1COCC1C. The fraction of sp³-hybridized carbons (Fsp3) is 1.00. The van der Waals surface area contributed by atoms with Gasteiger partial charge in [-0.1, -0.05) is 6.92 Å². The molecule has 0 aliphatic carbocycles. The largest absolute Gasteiger partial charge is 0.379 e. The van der Waals surface area contributed by atoms with Gasteiger partial charge in [-0.3, -0.25) is 0 Å². The van der Waals surface area contributed by atoms with Crippen molar-refractivity contribution in [2.45, 2.75) is 13.0 Å². The molecular formula is C6H12O2. The van der Waals surface area contributed by atoms with Gasteiger partial charge < -0.3 is 9.47 Å². The monoisotopic (exact) mass is 116 g/mol. The molecule has 0 N–H and O–H groups in total. The Balaban J connectivity index is 2.30. The van der Waals surface area contributed by atoms with Crippen LogP contribution in [0.1, 0.15) is 6.92 Å². The van der Waals surface area contributed by atoms with Gasteiger partial charge in [0, 0.05) is 13.0 Å². The van der Waals surface area contributed by atoms with Crippen molar-refractivity contribution in [3.63, 3.8) is 0 Å². The van der Waals surface area contributed by atoms with Gasteiger partial charge in [-0.15, -0.1) is 0 Å².